The van der Waals surface area contributed by atoms with Crippen molar-refractivity contribution >= 4 is 23.2 Å². The van der Waals surface area contributed by atoms with Crippen molar-refractivity contribution < 1.29 is 14.7 Å². The van der Waals surface area contributed by atoms with E-state index in [4.69, 9.17) is 5.11 Å². The number of rotatable bonds is 8. The summed E-state index contributed by atoms with van der Waals surface area (Å²) < 4.78 is 1.89. The fourth-order valence-corrected chi connectivity index (χ4v) is 3.15. The van der Waals surface area contributed by atoms with E-state index in [1.807, 2.05) is 11.6 Å². The highest BCUT2D eigenvalue weighted by Gasteiger charge is 2.16. The Morgan fingerprint density at radius 3 is 2.75 bits per heavy atom. The van der Waals surface area contributed by atoms with Gasteiger partial charge < -0.3 is 10.4 Å². The fraction of sp³-hybridized carbons (Fsp3) is 0.500. The summed E-state index contributed by atoms with van der Waals surface area (Å²) in [6, 6.07) is 0. The van der Waals surface area contributed by atoms with Gasteiger partial charge in [-0.05, 0) is 12.3 Å². The number of amides is 1. The Hall–Kier alpha value is -2.22. The van der Waals surface area contributed by atoms with Gasteiger partial charge in [-0.3, -0.25) is 9.48 Å². The van der Waals surface area contributed by atoms with E-state index in [1.165, 1.54) is 16.7 Å². The first-order chi connectivity index (χ1) is 11.4. The zero-order chi connectivity index (χ0) is 17.7. The molecule has 8 heteroatoms. The van der Waals surface area contributed by atoms with E-state index >= 15 is 0 Å². The molecule has 0 aliphatic heterocycles. The molecule has 2 aromatic heterocycles. The van der Waals surface area contributed by atoms with Crippen LogP contribution >= 0.6 is 11.3 Å². The first-order valence-corrected chi connectivity index (χ1v) is 8.80. The van der Waals surface area contributed by atoms with E-state index in [0.717, 1.165) is 18.7 Å². The Balaban J connectivity index is 1.94. The van der Waals surface area contributed by atoms with Crippen molar-refractivity contribution in [2.75, 3.05) is 6.54 Å². The molecule has 1 amide bonds. The molecule has 2 heterocycles. The second-order valence-electron chi connectivity index (χ2n) is 5.87. The maximum atomic E-state index is 12.4. The van der Waals surface area contributed by atoms with E-state index in [2.05, 4.69) is 29.2 Å². The van der Waals surface area contributed by atoms with Gasteiger partial charge in [0, 0.05) is 24.9 Å². The third-order valence-corrected chi connectivity index (χ3v) is 4.37. The summed E-state index contributed by atoms with van der Waals surface area (Å²) in [7, 11) is 0. The monoisotopic (exact) mass is 350 g/mol. The van der Waals surface area contributed by atoms with Gasteiger partial charge in [-0.15, -0.1) is 11.3 Å². The van der Waals surface area contributed by atoms with Crippen molar-refractivity contribution in [3.63, 3.8) is 0 Å². The Bertz CT molecular complexity index is 721. The molecule has 0 aromatic carbocycles. The van der Waals surface area contributed by atoms with Gasteiger partial charge in [0.15, 0.2) is 5.69 Å². The molecule has 2 aromatic rings. The summed E-state index contributed by atoms with van der Waals surface area (Å²) in [6.45, 7) is 7.42. The smallest absolute Gasteiger partial charge is 0.355 e. The lowest BCUT2D eigenvalue weighted by molar-refractivity contribution is 0.0690. The first-order valence-electron chi connectivity index (χ1n) is 7.92. The van der Waals surface area contributed by atoms with Crippen LogP contribution in [0.3, 0.4) is 0 Å². The number of hydrogen-bond donors (Lipinski definition) is 2. The number of carbonyl (C=O) groups is 2. The van der Waals surface area contributed by atoms with Gasteiger partial charge in [0.25, 0.3) is 5.91 Å². The molecule has 0 saturated heterocycles. The highest BCUT2D eigenvalue weighted by molar-refractivity contribution is 7.09. The van der Waals surface area contributed by atoms with Crippen molar-refractivity contribution in [1.29, 1.82) is 0 Å². The summed E-state index contributed by atoms with van der Waals surface area (Å²) in [5.74, 6) is -0.733. The number of carboxylic acid groups (broad SMARTS) is 1. The third kappa shape index (κ3) is 4.41. The Labute approximate surface area is 144 Å². The van der Waals surface area contributed by atoms with Crippen LogP contribution in [0.5, 0.6) is 0 Å². The van der Waals surface area contributed by atoms with Crippen LogP contribution in [0.25, 0.3) is 0 Å². The molecule has 0 atom stereocenters. The van der Waals surface area contributed by atoms with Crippen LogP contribution in [-0.2, 0) is 19.4 Å². The Morgan fingerprint density at radius 2 is 2.17 bits per heavy atom. The van der Waals surface area contributed by atoms with E-state index in [9.17, 15) is 9.59 Å². The minimum atomic E-state index is -1.04. The Morgan fingerprint density at radius 1 is 1.42 bits per heavy atom. The van der Waals surface area contributed by atoms with Crippen molar-refractivity contribution in [1.82, 2.24) is 20.1 Å². The lowest BCUT2D eigenvalue weighted by Gasteiger charge is -2.10. The number of nitrogens with zero attached hydrogens (tertiary/aromatic N) is 3. The molecule has 2 rings (SSSR count). The third-order valence-electron chi connectivity index (χ3n) is 3.46. The maximum Gasteiger partial charge on any atom is 0.355 e. The average molecular weight is 350 g/mol. The molecule has 0 fully saturated rings. The molecule has 0 radical (unpaired) electrons. The van der Waals surface area contributed by atoms with E-state index in [-0.39, 0.29) is 11.6 Å². The number of carbonyl (C=O) groups excluding carboxylic acids is 1. The Kier molecular flexibility index (Phi) is 6.08. The van der Waals surface area contributed by atoms with Crippen molar-refractivity contribution in [2.24, 2.45) is 5.92 Å². The second-order valence-corrected chi connectivity index (χ2v) is 6.81. The van der Waals surface area contributed by atoms with Crippen LogP contribution in [0.1, 0.15) is 52.3 Å². The van der Waals surface area contributed by atoms with Crippen molar-refractivity contribution in [2.45, 2.75) is 40.2 Å². The van der Waals surface area contributed by atoms with Gasteiger partial charge in [-0.25, -0.2) is 9.78 Å². The number of carboxylic acids is 1. The summed E-state index contributed by atoms with van der Waals surface area (Å²) in [5.41, 5.74) is 1.58. The minimum absolute atomic E-state index is 0.0459. The molecular weight excluding hydrogens is 328 g/mol. The maximum absolute atomic E-state index is 12.4. The van der Waals surface area contributed by atoms with E-state index < -0.39 is 5.97 Å². The largest absolute Gasteiger partial charge is 0.476 e. The number of hydrogen-bond acceptors (Lipinski definition) is 5. The van der Waals surface area contributed by atoms with Gasteiger partial charge in [0.1, 0.15) is 0 Å². The van der Waals surface area contributed by atoms with Gasteiger partial charge >= 0.3 is 5.97 Å². The molecule has 24 heavy (non-hydrogen) atoms. The van der Waals surface area contributed by atoms with Crippen LogP contribution in [-0.4, -0.2) is 38.3 Å². The highest BCUT2D eigenvalue weighted by Crippen LogP contribution is 2.13. The normalized spacial score (nSPS) is 11.0. The van der Waals surface area contributed by atoms with Crippen LogP contribution in [0.15, 0.2) is 11.6 Å². The zero-order valence-corrected chi connectivity index (χ0v) is 14.9. The molecule has 0 aliphatic rings. The van der Waals surface area contributed by atoms with Crippen LogP contribution in [0.2, 0.25) is 0 Å². The molecule has 130 valence electrons. The SMILES string of the molecule is CCc1c(C(=O)NCCc2nc(C(=O)O)cs2)cnn1CC(C)C. The topological polar surface area (TPSA) is 97.1 Å². The molecule has 2 N–H and O–H groups in total. The number of nitrogens with one attached hydrogen (secondary N) is 1. The minimum Gasteiger partial charge on any atom is -0.476 e. The number of thiazole rings is 1. The van der Waals surface area contributed by atoms with Gasteiger partial charge in [0.2, 0.25) is 0 Å². The summed E-state index contributed by atoms with van der Waals surface area (Å²) in [4.78, 5) is 27.1. The number of aromatic nitrogens is 3. The predicted molar refractivity (Wildman–Crippen MR) is 91.6 cm³/mol. The van der Waals surface area contributed by atoms with E-state index in [0.29, 0.717) is 29.5 Å². The average Bonchev–Trinajstić information content (AvgIpc) is 3.13. The molecule has 0 aliphatic carbocycles. The predicted octanol–water partition coefficient (Wildman–Crippen LogP) is 2.23. The highest BCUT2D eigenvalue weighted by atomic mass is 32.1. The van der Waals surface area contributed by atoms with Crippen LogP contribution < -0.4 is 5.32 Å². The van der Waals surface area contributed by atoms with Gasteiger partial charge in [-0.1, -0.05) is 20.8 Å². The van der Waals surface area contributed by atoms with Gasteiger partial charge in [0.05, 0.1) is 22.5 Å². The summed E-state index contributed by atoms with van der Waals surface area (Å²) >= 11 is 1.28. The summed E-state index contributed by atoms with van der Waals surface area (Å²) in [6.07, 6.45) is 2.86. The molecular formula is C16H22N4O3S. The molecule has 0 unspecified atom stereocenters. The molecule has 0 spiro atoms. The van der Waals surface area contributed by atoms with Crippen LogP contribution in [0, 0.1) is 5.92 Å². The zero-order valence-electron chi connectivity index (χ0n) is 14.1. The van der Waals surface area contributed by atoms with Crippen LogP contribution in [0.4, 0.5) is 0 Å². The lowest BCUT2D eigenvalue weighted by Crippen LogP contribution is -2.26. The molecule has 0 bridgehead atoms. The lowest BCUT2D eigenvalue weighted by atomic mass is 10.1. The fourth-order valence-electron chi connectivity index (χ4n) is 2.38. The second kappa shape index (κ2) is 8.05. The molecule has 7 nitrogen and oxygen atoms in total. The van der Waals surface area contributed by atoms with Crippen molar-refractivity contribution in [3.05, 3.63) is 33.5 Å². The number of aromatic carboxylic acids is 1. The van der Waals surface area contributed by atoms with Gasteiger partial charge in [-0.2, -0.15) is 5.10 Å². The van der Waals surface area contributed by atoms with E-state index in [1.54, 1.807) is 6.20 Å². The quantitative estimate of drug-likeness (QED) is 0.761. The first kappa shape index (κ1) is 18.1. The standard InChI is InChI=1S/C16H22N4O3S/c1-4-13-11(7-18-20(13)8-10(2)3)15(21)17-6-5-14-19-12(9-24-14)16(22)23/h7,9-10H,4-6,8H2,1-3H3,(H,17,21)(H,22,23). The van der Waals surface area contributed by atoms with Crippen molar-refractivity contribution in [3.8, 4) is 0 Å². The molecule has 0 saturated carbocycles. The summed E-state index contributed by atoms with van der Waals surface area (Å²) in [5, 5.41) is 18.2.